The molecule has 3 rings (SSSR count). The highest BCUT2D eigenvalue weighted by Gasteiger charge is 2.29. The van der Waals surface area contributed by atoms with Gasteiger partial charge >= 0.3 is 0 Å². The van der Waals surface area contributed by atoms with Crippen LogP contribution in [0.5, 0.6) is 0 Å². The van der Waals surface area contributed by atoms with Crippen LogP contribution in [0.25, 0.3) is 0 Å². The van der Waals surface area contributed by atoms with Crippen LogP contribution in [-0.4, -0.2) is 31.4 Å². The minimum absolute atomic E-state index is 0.0728. The Morgan fingerprint density at radius 2 is 2.14 bits per heavy atom. The lowest BCUT2D eigenvalue weighted by Crippen LogP contribution is -2.08. The van der Waals surface area contributed by atoms with Gasteiger partial charge in [0.1, 0.15) is 18.2 Å². The van der Waals surface area contributed by atoms with Crippen LogP contribution in [0.3, 0.4) is 0 Å². The third-order valence-corrected chi connectivity index (χ3v) is 4.29. The third kappa shape index (κ3) is 3.02. The number of nitrogens with zero attached hydrogens (tertiary/aromatic N) is 3. The van der Waals surface area contributed by atoms with Crippen molar-refractivity contribution in [1.29, 1.82) is 0 Å². The monoisotopic (exact) mass is 325 g/mol. The van der Waals surface area contributed by atoms with E-state index in [1.807, 2.05) is 0 Å². The van der Waals surface area contributed by atoms with Crippen LogP contribution in [0.2, 0.25) is 0 Å². The summed E-state index contributed by atoms with van der Waals surface area (Å²) in [7, 11) is 0. The van der Waals surface area contributed by atoms with Gasteiger partial charge in [0.25, 0.3) is 0 Å². The van der Waals surface area contributed by atoms with E-state index in [9.17, 15) is 18.7 Å². The third-order valence-electron chi connectivity index (χ3n) is 3.35. The second-order valence-corrected chi connectivity index (χ2v) is 5.94. The molecule has 0 aliphatic heterocycles. The Balaban J connectivity index is 1.74. The zero-order valence-electron chi connectivity index (χ0n) is 11.5. The van der Waals surface area contributed by atoms with E-state index in [2.05, 4.69) is 10.2 Å². The molecule has 1 aliphatic carbocycles. The molecule has 0 amide bonds. The van der Waals surface area contributed by atoms with E-state index in [0.29, 0.717) is 11.0 Å². The molecule has 1 saturated carbocycles. The van der Waals surface area contributed by atoms with Crippen LogP contribution in [0.15, 0.2) is 23.4 Å². The summed E-state index contributed by atoms with van der Waals surface area (Å²) in [5.41, 5.74) is -0.271. The SMILES string of the molecule is O=C(CSc1nnc(CO)n1C1CC1)c1cc(F)ccc1F. The normalized spacial score (nSPS) is 14.3. The highest BCUT2D eigenvalue weighted by molar-refractivity contribution is 7.99. The number of halogens is 2. The van der Waals surface area contributed by atoms with Gasteiger partial charge < -0.3 is 9.67 Å². The van der Waals surface area contributed by atoms with Gasteiger partial charge in [-0.25, -0.2) is 8.78 Å². The first kappa shape index (κ1) is 15.1. The molecular weight excluding hydrogens is 312 g/mol. The molecule has 0 bridgehead atoms. The summed E-state index contributed by atoms with van der Waals surface area (Å²) < 4.78 is 28.5. The fourth-order valence-electron chi connectivity index (χ4n) is 2.13. The molecule has 1 N–H and O–H groups in total. The first-order valence-corrected chi connectivity index (χ1v) is 7.74. The maximum atomic E-state index is 13.6. The molecule has 2 aromatic rings. The smallest absolute Gasteiger partial charge is 0.191 e. The summed E-state index contributed by atoms with van der Waals surface area (Å²) in [6.45, 7) is -0.226. The number of hydrogen-bond acceptors (Lipinski definition) is 5. The number of hydrogen-bond donors (Lipinski definition) is 1. The molecule has 1 heterocycles. The summed E-state index contributed by atoms with van der Waals surface area (Å²) in [5.74, 6) is -1.53. The first-order chi connectivity index (χ1) is 10.6. The van der Waals surface area contributed by atoms with E-state index < -0.39 is 17.4 Å². The Labute approximate surface area is 129 Å². The van der Waals surface area contributed by atoms with Crippen LogP contribution in [0.4, 0.5) is 8.78 Å². The Morgan fingerprint density at radius 1 is 1.36 bits per heavy atom. The minimum Gasteiger partial charge on any atom is -0.388 e. The number of Topliss-reactive ketones (excluding diaryl/α,β-unsaturated/α-hetero) is 1. The quantitative estimate of drug-likeness (QED) is 0.652. The van der Waals surface area contributed by atoms with Crippen molar-refractivity contribution < 1.29 is 18.7 Å². The summed E-state index contributed by atoms with van der Waals surface area (Å²) in [4.78, 5) is 12.0. The van der Waals surface area contributed by atoms with Gasteiger partial charge in [0, 0.05) is 6.04 Å². The molecule has 0 saturated heterocycles. The van der Waals surface area contributed by atoms with Crippen molar-refractivity contribution in [3.8, 4) is 0 Å². The summed E-state index contributed by atoms with van der Waals surface area (Å²) in [6, 6.07) is 3.05. The van der Waals surface area contributed by atoms with Gasteiger partial charge in [-0.3, -0.25) is 4.79 Å². The Kier molecular flexibility index (Phi) is 4.21. The van der Waals surface area contributed by atoms with E-state index in [4.69, 9.17) is 0 Å². The number of ketones is 1. The van der Waals surface area contributed by atoms with Gasteiger partial charge in [-0.1, -0.05) is 11.8 Å². The van der Waals surface area contributed by atoms with Crippen LogP contribution in [0.1, 0.15) is 35.1 Å². The molecule has 22 heavy (non-hydrogen) atoms. The Hall–Kier alpha value is -1.80. The number of aromatic nitrogens is 3. The molecule has 0 atom stereocenters. The predicted molar refractivity (Wildman–Crippen MR) is 75.6 cm³/mol. The number of rotatable bonds is 6. The second-order valence-electron chi connectivity index (χ2n) is 4.99. The lowest BCUT2D eigenvalue weighted by molar-refractivity contribution is 0.101. The molecule has 0 unspecified atom stereocenters. The molecule has 0 spiro atoms. The number of thioether (sulfide) groups is 1. The van der Waals surface area contributed by atoms with E-state index in [-0.39, 0.29) is 24.0 Å². The van der Waals surface area contributed by atoms with Crippen LogP contribution in [-0.2, 0) is 6.61 Å². The number of carbonyl (C=O) groups excluding carboxylic acids is 1. The van der Waals surface area contributed by atoms with Gasteiger partial charge in [-0.2, -0.15) is 0 Å². The minimum atomic E-state index is -0.744. The molecule has 5 nitrogen and oxygen atoms in total. The van der Waals surface area contributed by atoms with Crippen LogP contribution >= 0.6 is 11.8 Å². The molecular formula is C14H13F2N3O2S. The van der Waals surface area contributed by atoms with Gasteiger partial charge in [0.15, 0.2) is 16.8 Å². The van der Waals surface area contributed by atoms with Crippen molar-refractivity contribution in [3.63, 3.8) is 0 Å². The topological polar surface area (TPSA) is 68.0 Å². The zero-order valence-corrected chi connectivity index (χ0v) is 12.3. The summed E-state index contributed by atoms with van der Waals surface area (Å²) in [6.07, 6.45) is 1.95. The number of carbonyl (C=O) groups is 1. The van der Waals surface area contributed by atoms with Crippen LogP contribution in [0, 0.1) is 11.6 Å². The van der Waals surface area contributed by atoms with E-state index in [1.54, 1.807) is 4.57 Å². The Morgan fingerprint density at radius 3 is 2.82 bits per heavy atom. The van der Waals surface area contributed by atoms with Crippen LogP contribution < -0.4 is 0 Å². The summed E-state index contributed by atoms with van der Waals surface area (Å²) >= 11 is 1.11. The van der Waals surface area contributed by atoms with Crippen molar-refractivity contribution in [1.82, 2.24) is 14.8 Å². The molecule has 1 aromatic carbocycles. The van der Waals surface area contributed by atoms with Crippen molar-refractivity contribution in [3.05, 3.63) is 41.2 Å². The standard InChI is InChI=1S/C14H13F2N3O2S/c15-8-1-4-11(16)10(5-8)12(21)7-22-14-18-17-13(6-20)19(14)9-2-3-9/h1,4-5,9,20H,2-3,6-7H2. The lowest BCUT2D eigenvalue weighted by atomic mass is 10.1. The summed E-state index contributed by atoms with van der Waals surface area (Å²) in [5, 5.41) is 17.6. The van der Waals surface area contributed by atoms with Gasteiger partial charge in [-0.05, 0) is 31.0 Å². The van der Waals surface area contributed by atoms with Crippen molar-refractivity contribution in [2.45, 2.75) is 30.6 Å². The molecule has 0 radical (unpaired) electrons. The fourth-order valence-corrected chi connectivity index (χ4v) is 3.04. The molecule has 116 valence electrons. The number of aliphatic hydroxyl groups is 1. The van der Waals surface area contributed by atoms with Crippen molar-refractivity contribution in [2.24, 2.45) is 0 Å². The van der Waals surface area contributed by atoms with E-state index in [0.717, 1.165) is 42.8 Å². The second kappa shape index (κ2) is 6.13. The zero-order chi connectivity index (χ0) is 15.7. The highest BCUT2D eigenvalue weighted by atomic mass is 32.2. The number of aliphatic hydroxyl groups excluding tert-OH is 1. The number of benzene rings is 1. The molecule has 1 aliphatic rings. The van der Waals surface area contributed by atoms with Gasteiger partial charge in [0.05, 0.1) is 11.3 Å². The molecule has 1 fully saturated rings. The Bertz CT molecular complexity index is 716. The van der Waals surface area contributed by atoms with Gasteiger partial charge in [-0.15, -0.1) is 10.2 Å². The van der Waals surface area contributed by atoms with Gasteiger partial charge in [0.2, 0.25) is 0 Å². The van der Waals surface area contributed by atoms with Crippen molar-refractivity contribution >= 4 is 17.5 Å². The average Bonchev–Trinajstić information content (AvgIpc) is 3.27. The lowest BCUT2D eigenvalue weighted by Gasteiger charge is -2.07. The average molecular weight is 325 g/mol. The maximum Gasteiger partial charge on any atom is 0.191 e. The van der Waals surface area contributed by atoms with E-state index >= 15 is 0 Å². The van der Waals surface area contributed by atoms with E-state index in [1.165, 1.54) is 0 Å². The maximum absolute atomic E-state index is 13.6. The molecule has 1 aromatic heterocycles. The molecule has 8 heteroatoms. The fraction of sp³-hybridized carbons (Fsp3) is 0.357. The predicted octanol–water partition coefficient (Wildman–Crippen LogP) is 2.36. The van der Waals surface area contributed by atoms with Crippen molar-refractivity contribution in [2.75, 3.05) is 5.75 Å². The first-order valence-electron chi connectivity index (χ1n) is 6.76. The largest absolute Gasteiger partial charge is 0.388 e. The highest BCUT2D eigenvalue weighted by Crippen LogP contribution is 2.38.